The number of alkyl halides is 1. The van der Waals surface area contributed by atoms with E-state index in [1.165, 1.54) is 4.90 Å². The zero-order valence-corrected chi connectivity index (χ0v) is 16.4. The number of rotatable bonds is 2. The molecule has 0 N–H and O–H groups in total. The monoisotopic (exact) mass is 368 g/mol. The van der Waals surface area contributed by atoms with Gasteiger partial charge in [0.05, 0.1) is 11.7 Å². The number of nitrogens with zero attached hydrogens (tertiary/aromatic N) is 4. The van der Waals surface area contributed by atoms with E-state index < -0.39 is 23.9 Å². The fourth-order valence-electron chi connectivity index (χ4n) is 2.75. The van der Waals surface area contributed by atoms with Gasteiger partial charge in [-0.1, -0.05) is 20.8 Å². The van der Waals surface area contributed by atoms with Crippen LogP contribution in [-0.4, -0.2) is 50.8 Å². The number of carbonyl (C=O) groups is 1. The minimum atomic E-state index is -1.24. The topological polar surface area (TPSA) is 59.7 Å². The number of aliphatic imine (C=N–C) groups is 1. The van der Waals surface area contributed by atoms with E-state index >= 15 is 0 Å². The molecule has 0 radical (unpaired) electrons. The third-order valence-corrected chi connectivity index (χ3v) is 3.93. The van der Waals surface area contributed by atoms with Gasteiger partial charge in [-0.3, -0.25) is 4.68 Å². The van der Waals surface area contributed by atoms with E-state index in [-0.39, 0.29) is 18.5 Å². The summed E-state index contributed by atoms with van der Waals surface area (Å²) in [7, 11) is 0. The van der Waals surface area contributed by atoms with Gasteiger partial charge in [-0.15, -0.1) is 0 Å². The lowest BCUT2D eigenvalue weighted by molar-refractivity contribution is 0.0281. The Bertz CT molecular complexity index is 698. The molecule has 138 valence electrons. The van der Waals surface area contributed by atoms with Crippen LogP contribution in [-0.2, 0) is 10.2 Å². The van der Waals surface area contributed by atoms with Crippen molar-refractivity contribution in [1.29, 1.82) is 0 Å². The predicted molar refractivity (Wildman–Crippen MR) is 97.4 cm³/mol. The molecule has 0 aliphatic carbocycles. The lowest BCUT2D eigenvalue weighted by atomic mass is 9.91. The van der Waals surface area contributed by atoms with Crippen molar-refractivity contribution in [3.63, 3.8) is 0 Å². The van der Waals surface area contributed by atoms with Gasteiger partial charge in [0, 0.05) is 23.7 Å². The van der Waals surface area contributed by atoms with E-state index in [0.717, 1.165) is 5.69 Å². The first-order valence-corrected chi connectivity index (χ1v) is 8.63. The normalized spacial score (nSPS) is 21.2. The first-order valence-electron chi connectivity index (χ1n) is 8.22. The number of ether oxygens (including phenoxy) is 1. The fourth-order valence-corrected chi connectivity index (χ4v) is 2.84. The molecule has 0 saturated carbocycles. The molecule has 8 heteroatoms. The van der Waals surface area contributed by atoms with Crippen LogP contribution < -0.4 is 0 Å². The molecule has 1 amide bonds. The Morgan fingerprint density at radius 2 is 2.00 bits per heavy atom. The summed E-state index contributed by atoms with van der Waals surface area (Å²) < 4.78 is 21.7. The molecule has 25 heavy (non-hydrogen) atoms. The first kappa shape index (κ1) is 19.5. The maximum absolute atomic E-state index is 14.7. The van der Waals surface area contributed by atoms with Crippen molar-refractivity contribution in [3.05, 3.63) is 11.8 Å². The molecule has 1 aliphatic rings. The Hall–Kier alpha value is -1.79. The van der Waals surface area contributed by atoms with Crippen LogP contribution in [0.1, 0.15) is 53.3 Å². The van der Waals surface area contributed by atoms with Crippen molar-refractivity contribution in [1.82, 2.24) is 14.7 Å². The number of hydrogen-bond acceptors (Lipinski definition) is 5. The van der Waals surface area contributed by atoms with Gasteiger partial charge >= 0.3 is 6.09 Å². The molecule has 0 aromatic carbocycles. The number of halogens is 1. The predicted octanol–water partition coefficient (Wildman–Crippen LogP) is 4.04. The standard InChI is InChI=1S/C17H25FN4O2S/c1-16(2,3)13-7-14(19-10-25)20-22(13)12-9-21(8-11(12)18)15(23)24-17(4,5)6/h7,11-12H,8-9H2,1-6H3. The van der Waals surface area contributed by atoms with Crippen molar-refractivity contribution in [2.75, 3.05) is 13.1 Å². The summed E-state index contributed by atoms with van der Waals surface area (Å²) in [6.07, 6.45) is -1.75. The Labute approximate surface area is 153 Å². The van der Waals surface area contributed by atoms with E-state index in [4.69, 9.17) is 4.74 Å². The molecule has 1 aromatic rings. The molecule has 0 spiro atoms. The summed E-state index contributed by atoms with van der Waals surface area (Å²) in [5, 5.41) is 6.65. The van der Waals surface area contributed by atoms with E-state index in [0.29, 0.717) is 5.82 Å². The molecule has 1 fully saturated rings. The maximum atomic E-state index is 14.7. The largest absolute Gasteiger partial charge is 0.444 e. The molecule has 0 bridgehead atoms. The number of likely N-dealkylation sites (tertiary alicyclic amines) is 1. The minimum Gasteiger partial charge on any atom is -0.444 e. The van der Waals surface area contributed by atoms with Crippen molar-refractivity contribution in [3.8, 4) is 0 Å². The molecule has 2 rings (SSSR count). The molecule has 6 nitrogen and oxygen atoms in total. The molecular formula is C17H25FN4O2S. The van der Waals surface area contributed by atoms with Crippen LogP contribution >= 0.6 is 12.2 Å². The zero-order valence-electron chi connectivity index (χ0n) is 15.5. The smallest absolute Gasteiger partial charge is 0.410 e. The van der Waals surface area contributed by atoms with Crippen molar-refractivity contribution >= 4 is 29.3 Å². The van der Waals surface area contributed by atoms with Crippen molar-refractivity contribution < 1.29 is 13.9 Å². The van der Waals surface area contributed by atoms with Crippen LogP contribution in [0.15, 0.2) is 11.1 Å². The zero-order chi connectivity index (χ0) is 19.0. The van der Waals surface area contributed by atoms with Gasteiger partial charge in [-0.25, -0.2) is 9.18 Å². The quantitative estimate of drug-likeness (QED) is 0.584. The third-order valence-electron chi connectivity index (χ3n) is 3.84. The van der Waals surface area contributed by atoms with Gasteiger partial charge in [0.25, 0.3) is 0 Å². The second-order valence-electron chi connectivity index (χ2n) is 8.25. The average molecular weight is 368 g/mol. The van der Waals surface area contributed by atoms with E-state index in [1.54, 1.807) is 31.5 Å². The molecule has 2 unspecified atom stereocenters. The van der Waals surface area contributed by atoms with Crippen LogP contribution in [0.2, 0.25) is 0 Å². The molecule has 1 aromatic heterocycles. The van der Waals surface area contributed by atoms with Gasteiger partial charge in [-0.05, 0) is 33.0 Å². The number of isothiocyanates is 1. The van der Waals surface area contributed by atoms with Crippen molar-refractivity contribution in [2.24, 2.45) is 4.99 Å². The summed E-state index contributed by atoms with van der Waals surface area (Å²) in [4.78, 5) is 17.5. The molecule has 1 saturated heterocycles. The van der Waals surface area contributed by atoms with Crippen LogP contribution in [0, 0.1) is 0 Å². The molecular weight excluding hydrogens is 343 g/mol. The summed E-state index contributed by atoms with van der Waals surface area (Å²) in [6.45, 7) is 11.6. The first-order chi connectivity index (χ1) is 11.4. The number of amides is 1. The highest BCUT2D eigenvalue weighted by Crippen LogP contribution is 2.33. The number of thiocarbonyl (C=S) groups is 1. The molecule has 2 heterocycles. The summed E-state index contributed by atoms with van der Waals surface area (Å²) in [6, 6.07) is 1.19. The maximum Gasteiger partial charge on any atom is 0.410 e. The van der Waals surface area contributed by atoms with Crippen LogP contribution in [0.25, 0.3) is 0 Å². The Balaban J connectivity index is 2.30. The highest BCUT2D eigenvalue weighted by Gasteiger charge is 2.41. The minimum absolute atomic E-state index is 0.0191. The second-order valence-corrected chi connectivity index (χ2v) is 8.44. The molecule has 1 aliphatic heterocycles. The molecule has 2 atom stereocenters. The number of aromatic nitrogens is 2. The number of carbonyl (C=O) groups excluding carboxylic acids is 1. The summed E-state index contributed by atoms with van der Waals surface area (Å²) >= 11 is 4.63. The third kappa shape index (κ3) is 4.64. The Morgan fingerprint density at radius 3 is 2.52 bits per heavy atom. The second kappa shape index (κ2) is 6.84. The highest BCUT2D eigenvalue weighted by atomic mass is 32.1. The van der Waals surface area contributed by atoms with Gasteiger partial charge < -0.3 is 9.64 Å². The SMILES string of the molecule is CC(C)(C)OC(=O)N1CC(F)C(n2nc(N=C=S)cc2C(C)(C)C)C1. The van der Waals surface area contributed by atoms with Crippen LogP contribution in [0.5, 0.6) is 0 Å². The van der Waals surface area contributed by atoms with Gasteiger partial charge in [0.15, 0.2) is 5.82 Å². The van der Waals surface area contributed by atoms with Crippen molar-refractivity contribution in [2.45, 2.75) is 64.8 Å². The van der Waals surface area contributed by atoms with Crippen LogP contribution in [0.4, 0.5) is 15.0 Å². The Morgan fingerprint density at radius 1 is 1.36 bits per heavy atom. The van der Waals surface area contributed by atoms with Gasteiger partial charge in [0.1, 0.15) is 17.8 Å². The lowest BCUT2D eigenvalue weighted by Gasteiger charge is -2.25. The number of hydrogen-bond donors (Lipinski definition) is 0. The van der Waals surface area contributed by atoms with Gasteiger partial charge in [0.2, 0.25) is 0 Å². The summed E-state index contributed by atoms with van der Waals surface area (Å²) in [5.74, 6) is 0.392. The van der Waals surface area contributed by atoms with E-state index in [1.807, 2.05) is 20.8 Å². The highest BCUT2D eigenvalue weighted by molar-refractivity contribution is 7.78. The van der Waals surface area contributed by atoms with Gasteiger partial charge in [-0.2, -0.15) is 10.1 Å². The van der Waals surface area contributed by atoms with E-state index in [9.17, 15) is 9.18 Å². The summed E-state index contributed by atoms with van der Waals surface area (Å²) in [5.41, 5.74) is -0.0543. The average Bonchev–Trinajstić information content (AvgIpc) is 3.00. The lowest BCUT2D eigenvalue weighted by Crippen LogP contribution is -2.36. The fraction of sp³-hybridized carbons (Fsp3) is 0.706. The van der Waals surface area contributed by atoms with Crippen LogP contribution in [0.3, 0.4) is 0 Å². The Kier molecular flexibility index (Phi) is 5.35. The van der Waals surface area contributed by atoms with E-state index in [2.05, 4.69) is 27.5 Å².